The van der Waals surface area contributed by atoms with Crippen molar-refractivity contribution in [1.29, 1.82) is 0 Å². The molecule has 0 aliphatic carbocycles. The average molecular weight is 117 g/mol. The van der Waals surface area contributed by atoms with Gasteiger partial charge >= 0.3 is 0 Å². The lowest BCUT2D eigenvalue weighted by molar-refractivity contribution is -0.153. The van der Waals surface area contributed by atoms with Crippen molar-refractivity contribution in [1.82, 2.24) is 0 Å². The summed E-state index contributed by atoms with van der Waals surface area (Å²) in [6, 6.07) is 0. The second-order valence-electron chi connectivity index (χ2n) is 1.86. The van der Waals surface area contributed by atoms with Gasteiger partial charge in [0.1, 0.15) is 0 Å². The van der Waals surface area contributed by atoms with Gasteiger partial charge in [0.2, 0.25) is 5.91 Å². The Balaban J connectivity index is 2.40. The Morgan fingerprint density at radius 1 is 1.50 bits per heavy atom. The number of rotatable bonds is 1. The summed E-state index contributed by atoms with van der Waals surface area (Å²) in [5.41, 5.74) is 5.51. The van der Waals surface area contributed by atoms with Gasteiger partial charge in [-0.25, -0.2) is 0 Å². The van der Waals surface area contributed by atoms with E-state index in [2.05, 4.69) is 0 Å². The van der Waals surface area contributed by atoms with Gasteiger partial charge < -0.3 is 9.47 Å². The molecular weight excluding hydrogens is 106 g/mol. The van der Waals surface area contributed by atoms with E-state index in [4.69, 9.17) is 15.2 Å². The van der Waals surface area contributed by atoms with Crippen LogP contribution in [0.2, 0.25) is 0 Å². The van der Waals surface area contributed by atoms with Crippen molar-refractivity contribution in [3.63, 3.8) is 0 Å². The maximum absolute atomic E-state index is 5.51. The molecule has 8 heavy (non-hydrogen) atoms. The first-order valence-electron chi connectivity index (χ1n) is 2.83. The highest BCUT2D eigenvalue weighted by Crippen LogP contribution is 2.15. The Kier molecular flexibility index (Phi) is 1.51. The lowest BCUT2D eigenvalue weighted by atomic mass is 10.4. The number of nitrogens with two attached hydrogens (primary N) is 1. The smallest absolute Gasteiger partial charge is 0.224 e. The molecule has 0 aromatic heterocycles. The van der Waals surface area contributed by atoms with E-state index in [1.165, 1.54) is 0 Å². The summed E-state index contributed by atoms with van der Waals surface area (Å²) in [5, 5.41) is 0. The van der Waals surface area contributed by atoms with Crippen LogP contribution in [-0.4, -0.2) is 19.1 Å². The minimum atomic E-state index is -0.764. The van der Waals surface area contributed by atoms with E-state index < -0.39 is 5.91 Å². The van der Waals surface area contributed by atoms with E-state index in [1.807, 2.05) is 6.92 Å². The SMILES string of the molecule is CCC1(N)OCCO1. The van der Waals surface area contributed by atoms with E-state index >= 15 is 0 Å². The van der Waals surface area contributed by atoms with Crippen LogP contribution in [0.15, 0.2) is 0 Å². The summed E-state index contributed by atoms with van der Waals surface area (Å²) in [6.07, 6.45) is 0.715. The molecule has 0 amide bonds. The number of hydrogen-bond acceptors (Lipinski definition) is 3. The molecule has 3 nitrogen and oxygen atoms in total. The molecule has 0 saturated carbocycles. The molecule has 0 spiro atoms. The van der Waals surface area contributed by atoms with Crippen molar-refractivity contribution >= 4 is 0 Å². The lowest BCUT2D eigenvalue weighted by Crippen LogP contribution is -2.39. The van der Waals surface area contributed by atoms with Crippen LogP contribution in [0.3, 0.4) is 0 Å². The minimum Gasteiger partial charge on any atom is -0.335 e. The Labute approximate surface area is 48.8 Å². The molecule has 1 heterocycles. The zero-order valence-corrected chi connectivity index (χ0v) is 5.02. The predicted octanol–water partition coefficient (Wildman–Crippen LogP) is 0.0557. The molecular formula is C5H11NO2. The van der Waals surface area contributed by atoms with Crippen molar-refractivity contribution in [2.45, 2.75) is 19.3 Å². The van der Waals surface area contributed by atoms with Crippen molar-refractivity contribution in [3.8, 4) is 0 Å². The van der Waals surface area contributed by atoms with Gasteiger partial charge in [-0.05, 0) is 0 Å². The second kappa shape index (κ2) is 2.01. The van der Waals surface area contributed by atoms with Crippen LogP contribution in [0.4, 0.5) is 0 Å². The van der Waals surface area contributed by atoms with E-state index in [0.29, 0.717) is 19.6 Å². The van der Waals surface area contributed by atoms with Gasteiger partial charge in [-0.15, -0.1) is 0 Å². The highest BCUT2D eigenvalue weighted by Gasteiger charge is 2.28. The molecule has 1 saturated heterocycles. The molecule has 0 unspecified atom stereocenters. The average Bonchev–Trinajstić information content (AvgIpc) is 2.17. The number of ether oxygens (including phenoxy) is 2. The molecule has 0 aromatic rings. The van der Waals surface area contributed by atoms with E-state index in [9.17, 15) is 0 Å². The zero-order valence-electron chi connectivity index (χ0n) is 5.02. The van der Waals surface area contributed by atoms with Gasteiger partial charge in [-0.2, -0.15) is 0 Å². The summed E-state index contributed by atoms with van der Waals surface area (Å²) in [5.74, 6) is -0.764. The highest BCUT2D eigenvalue weighted by molar-refractivity contribution is 4.62. The third-order valence-corrected chi connectivity index (χ3v) is 1.27. The molecule has 0 atom stereocenters. The predicted molar refractivity (Wildman–Crippen MR) is 29.1 cm³/mol. The standard InChI is InChI=1S/C5H11NO2/c1-2-5(6)7-3-4-8-5/h2-4,6H2,1H3. The molecule has 2 N–H and O–H groups in total. The van der Waals surface area contributed by atoms with Gasteiger partial charge in [0.15, 0.2) is 0 Å². The van der Waals surface area contributed by atoms with E-state index in [1.54, 1.807) is 0 Å². The Bertz CT molecular complexity index is 78.5. The maximum atomic E-state index is 5.51. The van der Waals surface area contributed by atoms with Crippen LogP contribution < -0.4 is 5.73 Å². The Morgan fingerprint density at radius 3 is 2.25 bits per heavy atom. The summed E-state index contributed by atoms with van der Waals surface area (Å²) >= 11 is 0. The third kappa shape index (κ3) is 0.992. The van der Waals surface area contributed by atoms with Gasteiger partial charge in [-0.3, -0.25) is 5.73 Å². The van der Waals surface area contributed by atoms with E-state index in [-0.39, 0.29) is 0 Å². The zero-order chi connectivity index (χ0) is 6.04. The van der Waals surface area contributed by atoms with Gasteiger partial charge in [-0.1, -0.05) is 6.92 Å². The molecule has 0 radical (unpaired) electrons. The first-order chi connectivity index (χ1) is 3.77. The van der Waals surface area contributed by atoms with E-state index in [0.717, 1.165) is 0 Å². The molecule has 0 aromatic carbocycles. The van der Waals surface area contributed by atoms with Crippen molar-refractivity contribution in [2.75, 3.05) is 13.2 Å². The molecule has 48 valence electrons. The fraction of sp³-hybridized carbons (Fsp3) is 1.00. The van der Waals surface area contributed by atoms with Gasteiger partial charge in [0.05, 0.1) is 13.2 Å². The summed E-state index contributed by atoms with van der Waals surface area (Å²) in [6.45, 7) is 3.19. The first kappa shape index (κ1) is 6.01. The molecule has 1 aliphatic heterocycles. The van der Waals surface area contributed by atoms with Gasteiger partial charge in [0, 0.05) is 6.42 Å². The van der Waals surface area contributed by atoms with Gasteiger partial charge in [0.25, 0.3) is 0 Å². The van der Waals surface area contributed by atoms with Crippen molar-refractivity contribution in [2.24, 2.45) is 5.73 Å². The normalized spacial score (nSPS) is 26.2. The molecule has 1 rings (SSSR count). The minimum absolute atomic E-state index is 0.629. The summed E-state index contributed by atoms with van der Waals surface area (Å²) in [7, 11) is 0. The second-order valence-corrected chi connectivity index (χ2v) is 1.86. The van der Waals surface area contributed by atoms with Crippen molar-refractivity contribution < 1.29 is 9.47 Å². The Hall–Kier alpha value is -0.120. The fourth-order valence-electron chi connectivity index (χ4n) is 0.675. The summed E-state index contributed by atoms with van der Waals surface area (Å²) in [4.78, 5) is 0. The van der Waals surface area contributed by atoms with Crippen LogP contribution >= 0.6 is 0 Å². The topological polar surface area (TPSA) is 44.5 Å². The fourth-order valence-corrected chi connectivity index (χ4v) is 0.675. The van der Waals surface area contributed by atoms with Crippen LogP contribution in [0.5, 0.6) is 0 Å². The van der Waals surface area contributed by atoms with Crippen LogP contribution in [0.1, 0.15) is 13.3 Å². The number of hydrogen-bond donors (Lipinski definition) is 1. The largest absolute Gasteiger partial charge is 0.335 e. The molecule has 1 fully saturated rings. The lowest BCUT2D eigenvalue weighted by Gasteiger charge is -2.18. The van der Waals surface area contributed by atoms with Crippen LogP contribution in [0, 0.1) is 0 Å². The quantitative estimate of drug-likeness (QED) is 0.528. The third-order valence-electron chi connectivity index (χ3n) is 1.27. The highest BCUT2D eigenvalue weighted by atomic mass is 16.8. The van der Waals surface area contributed by atoms with Crippen LogP contribution in [-0.2, 0) is 9.47 Å². The first-order valence-corrected chi connectivity index (χ1v) is 2.83. The molecule has 3 heteroatoms. The maximum Gasteiger partial charge on any atom is 0.224 e. The summed E-state index contributed by atoms with van der Waals surface area (Å²) < 4.78 is 10.1. The Morgan fingerprint density at radius 2 is 2.00 bits per heavy atom. The molecule has 0 bridgehead atoms. The van der Waals surface area contributed by atoms with Crippen molar-refractivity contribution in [3.05, 3.63) is 0 Å². The monoisotopic (exact) mass is 117 g/mol. The molecule has 1 aliphatic rings. The van der Waals surface area contributed by atoms with Crippen LogP contribution in [0.25, 0.3) is 0 Å².